The summed E-state index contributed by atoms with van der Waals surface area (Å²) in [5, 5.41) is 1.55. The van der Waals surface area contributed by atoms with E-state index in [9.17, 15) is 22.8 Å². The minimum atomic E-state index is -4.53. The Morgan fingerprint density at radius 1 is 1.00 bits per heavy atom. The van der Waals surface area contributed by atoms with Crippen LogP contribution in [0.2, 0.25) is 0 Å². The second-order valence-electron chi connectivity index (χ2n) is 7.21. The zero-order valence-electron chi connectivity index (χ0n) is 16.0. The molecule has 3 aromatic rings. The summed E-state index contributed by atoms with van der Waals surface area (Å²) in [5.74, 6) is -0.566. The summed E-state index contributed by atoms with van der Waals surface area (Å²) < 4.78 is 39.8. The molecule has 4 rings (SSSR count). The Morgan fingerprint density at radius 3 is 2.47 bits per heavy atom. The smallest absolute Gasteiger partial charge is 0.324 e. The number of hydrogen-bond acceptors (Lipinski definition) is 2. The SMILES string of the molecule is O=C1CCCN1CN(C(=O)c1cccc2ccccc12)c1cccc(C(F)(F)F)c1. The Morgan fingerprint density at radius 2 is 1.73 bits per heavy atom. The van der Waals surface area contributed by atoms with E-state index >= 15 is 0 Å². The van der Waals surface area contributed by atoms with Crippen LogP contribution in [0.25, 0.3) is 10.8 Å². The van der Waals surface area contributed by atoms with E-state index in [1.54, 1.807) is 24.3 Å². The molecular weight excluding hydrogens is 393 g/mol. The number of halogens is 3. The van der Waals surface area contributed by atoms with Gasteiger partial charge in [-0.2, -0.15) is 13.2 Å². The maximum Gasteiger partial charge on any atom is 0.416 e. The summed E-state index contributed by atoms with van der Waals surface area (Å²) in [6, 6.07) is 17.2. The standard InChI is InChI=1S/C23H19F3N2O2/c24-23(25,26)17-8-4-9-18(14-17)28(15-27-13-5-12-21(27)29)22(30)20-11-3-7-16-6-1-2-10-19(16)20/h1-4,6-11,14H,5,12-13,15H2. The van der Waals surface area contributed by atoms with E-state index in [4.69, 9.17) is 0 Å². The number of amides is 2. The van der Waals surface area contributed by atoms with Gasteiger partial charge in [-0.1, -0.05) is 42.5 Å². The molecule has 2 amide bonds. The van der Waals surface area contributed by atoms with Crippen LogP contribution in [0.15, 0.2) is 66.7 Å². The van der Waals surface area contributed by atoms with Crippen molar-refractivity contribution >= 4 is 28.3 Å². The maximum absolute atomic E-state index is 13.5. The molecule has 0 spiro atoms. The Bertz CT molecular complexity index is 1110. The Balaban J connectivity index is 1.79. The van der Waals surface area contributed by atoms with Crippen LogP contribution in [0.3, 0.4) is 0 Å². The lowest BCUT2D eigenvalue weighted by molar-refractivity contribution is -0.137. The molecule has 1 aliphatic rings. The predicted molar refractivity (Wildman–Crippen MR) is 108 cm³/mol. The van der Waals surface area contributed by atoms with Crippen molar-refractivity contribution in [3.05, 3.63) is 77.9 Å². The van der Waals surface area contributed by atoms with Gasteiger partial charge in [0, 0.05) is 24.2 Å². The lowest BCUT2D eigenvalue weighted by atomic mass is 10.0. The fourth-order valence-corrected chi connectivity index (χ4v) is 3.69. The number of rotatable bonds is 4. The number of fused-ring (bicyclic) bond motifs is 1. The fraction of sp³-hybridized carbons (Fsp3) is 0.217. The average Bonchev–Trinajstić information content (AvgIpc) is 3.15. The summed E-state index contributed by atoms with van der Waals surface area (Å²) >= 11 is 0. The molecule has 30 heavy (non-hydrogen) atoms. The molecule has 1 fully saturated rings. The fourth-order valence-electron chi connectivity index (χ4n) is 3.69. The van der Waals surface area contributed by atoms with Gasteiger partial charge in [0.15, 0.2) is 0 Å². The molecule has 0 radical (unpaired) electrons. The summed E-state index contributed by atoms with van der Waals surface area (Å²) in [6.45, 7) is 0.374. The molecule has 154 valence electrons. The van der Waals surface area contributed by atoms with E-state index < -0.39 is 17.6 Å². The topological polar surface area (TPSA) is 40.6 Å². The third kappa shape index (κ3) is 3.87. The largest absolute Gasteiger partial charge is 0.416 e. The third-order valence-corrected chi connectivity index (χ3v) is 5.23. The molecular formula is C23H19F3N2O2. The molecule has 0 unspecified atom stereocenters. The van der Waals surface area contributed by atoms with Crippen LogP contribution in [0.4, 0.5) is 18.9 Å². The molecule has 0 atom stereocenters. The van der Waals surface area contributed by atoms with Crippen LogP contribution < -0.4 is 4.90 Å². The number of hydrogen-bond donors (Lipinski definition) is 0. The van der Waals surface area contributed by atoms with Gasteiger partial charge in [-0.25, -0.2) is 0 Å². The molecule has 1 saturated heterocycles. The van der Waals surface area contributed by atoms with Crippen molar-refractivity contribution in [2.24, 2.45) is 0 Å². The maximum atomic E-state index is 13.5. The molecule has 1 aliphatic heterocycles. The molecule has 0 aliphatic carbocycles. The van der Waals surface area contributed by atoms with Gasteiger partial charge in [-0.3, -0.25) is 14.5 Å². The molecule has 3 aromatic carbocycles. The third-order valence-electron chi connectivity index (χ3n) is 5.23. The van der Waals surface area contributed by atoms with Crippen molar-refractivity contribution in [1.29, 1.82) is 0 Å². The first-order valence-electron chi connectivity index (χ1n) is 9.59. The van der Waals surface area contributed by atoms with Gasteiger partial charge in [0.1, 0.15) is 6.67 Å². The summed E-state index contributed by atoms with van der Waals surface area (Å²) in [5.41, 5.74) is -0.372. The van der Waals surface area contributed by atoms with Crippen molar-refractivity contribution in [3.63, 3.8) is 0 Å². The highest BCUT2D eigenvalue weighted by Gasteiger charge is 2.32. The summed E-state index contributed by atoms with van der Waals surface area (Å²) in [7, 11) is 0. The van der Waals surface area contributed by atoms with Gasteiger partial charge in [-0.15, -0.1) is 0 Å². The highest BCUT2D eigenvalue weighted by Crippen LogP contribution is 2.33. The molecule has 0 bridgehead atoms. The summed E-state index contributed by atoms with van der Waals surface area (Å²) in [6.07, 6.45) is -3.50. The van der Waals surface area contributed by atoms with Crippen molar-refractivity contribution in [1.82, 2.24) is 4.90 Å². The van der Waals surface area contributed by atoms with E-state index in [2.05, 4.69) is 0 Å². The highest BCUT2D eigenvalue weighted by molar-refractivity contribution is 6.14. The van der Waals surface area contributed by atoms with Gasteiger partial charge in [-0.05, 0) is 41.5 Å². The second kappa shape index (κ2) is 7.82. The Kier molecular flexibility index (Phi) is 5.20. The van der Waals surface area contributed by atoms with Crippen LogP contribution in [0.5, 0.6) is 0 Å². The number of anilines is 1. The number of nitrogens with zero attached hydrogens (tertiary/aromatic N) is 2. The Hall–Kier alpha value is -3.35. The molecule has 7 heteroatoms. The minimum absolute atomic E-state index is 0.0950. The molecule has 0 N–H and O–H groups in total. The van der Waals surface area contributed by atoms with E-state index in [0.29, 0.717) is 30.3 Å². The number of carbonyl (C=O) groups excluding carboxylic acids is 2. The van der Waals surface area contributed by atoms with E-state index in [1.165, 1.54) is 21.9 Å². The van der Waals surface area contributed by atoms with Gasteiger partial charge in [0.05, 0.1) is 5.56 Å². The molecule has 0 saturated carbocycles. The average molecular weight is 412 g/mol. The highest BCUT2D eigenvalue weighted by atomic mass is 19.4. The van der Waals surface area contributed by atoms with Crippen molar-refractivity contribution < 1.29 is 22.8 Å². The van der Waals surface area contributed by atoms with E-state index in [-0.39, 0.29) is 18.3 Å². The van der Waals surface area contributed by atoms with Gasteiger partial charge in [0.2, 0.25) is 5.91 Å². The van der Waals surface area contributed by atoms with Crippen LogP contribution in [-0.4, -0.2) is 29.9 Å². The minimum Gasteiger partial charge on any atom is -0.324 e. The molecule has 1 heterocycles. The first-order chi connectivity index (χ1) is 14.3. The second-order valence-corrected chi connectivity index (χ2v) is 7.21. The lowest BCUT2D eigenvalue weighted by Crippen LogP contribution is -2.42. The van der Waals surface area contributed by atoms with Crippen molar-refractivity contribution in [2.45, 2.75) is 19.0 Å². The first-order valence-corrected chi connectivity index (χ1v) is 9.59. The lowest BCUT2D eigenvalue weighted by Gasteiger charge is -2.29. The van der Waals surface area contributed by atoms with Crippen LogP contribution >= 0.6 is 0 Å². The van der Waals surface area contributed by atoms with E-state index in [1.807, 2.05) is 18.2 Å². The number of benzene rings is 3. The number of alkyl halides is 3. The monoisotopic (exact) mass is 412 g/mol. The van der Waals surface area contributed by atoms with Crippen LogP contribution in [0.1, 0.15) is 28.8 Å². The van der Waals surface area contributed by atoms with Crippen LogP contribution in [0, 0.1) is 0 Å². The predicted octanol–water partition coefficient (Wildman–Crippen LogP) is 5.09. The van der Waals surface area contributed by atoms with Crippen molar-refractivity contribution in [3.8, 4) is 0 Å². The number of likely N-dealkylation sites (tertiary alicyclic amines) is 1. The normalized spacial score (nSPS) is 14.4. The Labute approximate surface area is 171 Å². The zero-order valence-corrected chi connectivity index (χ0v) is 16.0. The van der Waals surface area contributed by atoms with Gasteiger partial charge < -0.3 is 4.90 Å². The number of carbonyl (C=O) groups is 2. The van der Waals surface area contributed by atoms with Crippen LogP contribution in [-0.2, 0) is 11.0 Å². The van der Waals surface area contributed by atoms with Gasteiger partial charge in [0.25, 0.3) is 5.91 Å². The first kappa shape index (κ1) is 19.9. The molecule has 0 aromatic heterocycles. The summed E-state index contributed by atoms with van der Waals surface area (Å²) in [4.78, 5) is 28.4. The van der Waals surface area contributed by atoms with E-state index in [0.717, 1.165) is 17.5 Å². The molecule has 4 nitrogen and oxygen atoms in total. The zero-order chi connectivity index (χ0) is 21.3. The van der Waals surface area contributed by atoms with Crippen molar-refractivity contribution in [2.75, 3.05) is 18.1 Å². The quantitative estimate of drug-likeness (QED) is 0.599. The van der Waals surface area contributed by atoms with Gasteiger partial charge >= 0.3 is 6.18 Å².